The predicted octanol–water partition coefficient (Wildman–Crippen LogP) is 8.72. The van der Waals surface area contributed by atoms with Gasteiger partial charge in [-0.15, -0.1) is 0 Å². The van der Waals surface area contributed by atoms with Crippen molar-refractivity contribution in [2.24, 2.45) is 0 Å². The zero-order chi connectivity index (χ0) is 43.4. The van der Waals surface area contributed by atoms with Crippen LogP contribution in [0.5, 0.6) is 0 Å². The maximum atomic E-state index is 12.8. The molecule has 59 heavy (non-hydrogen) atoms. The van der Waals surface area contributed by atoms with Crippen molar-refractivity contribution in [1.82, 2.24) is 0 Å². The standard InChI is InChI=1S/C46H76O12S/c1-3-5-7-9-11-13-15-17-18-19-20-21-22-23-25-27-29-31-33-35-42(48)57-39(37-56-46-45(51)44(50)43(49)40(58-46)38-59(52,53)54)36-55-41(47)34-32-30-28-26-24-16-14-12-10-8-6-4-2/h11-14,17-18,20-21,23,25,29,31,39-40,43-46,49-51H,3-10,15-16,19,22,24,26-28,30,32-38H2,1-2H3,(H,52,53,54)/b13-11+,14-12+,18-17+,21-20+,25-23+,31-29+/t39-,40-,43-,44?,45?,46+/m1/s1. The lowest BCUT2D eigenvalue weighted by Crippen LogP contribution is -2.60. The van der Waals surface area contributed by atoms with Crippen molar-refractivity contribution in [1.29, 1.82) is 0 Å². The smallest absolute Gasteiger partial charge is 0.306 e. The first-order chi connectivity index (χ1) is 28.5. The molecule has 1 aliphatic rings. The molecule has 4 N–H and O–H groups in total. The summed E-state index contributed by atoms with van der Waals surface area (Å²) in [7, 11) is -4.61. The first kappa shape index (κ1) is 54.1. The van der Waals surface area contributed by atoms with Crippen molar-refractivity contribution < 1.29 is 56.8 Å². The van der Waals surface area contributed by atoms with E-state index in [1.165, 1.54) is 38.5 Å². The van der Waals surface area contributed by atoms with Gasteiger partial charge < -0.3 is 34.3 Å². The largest absolute Gasteiger partial charge is 0.462 e. The number of carbonyl (C=O) groups excluding carboxylic acids is 2. The zero-order valence-electron chi connectivity index (χ0n) is 35.8. The summed E-state index contributed by atoms with van der Waals surface area (Å²) in [6.45, 7) is 3.62. The van der Waals surface area contributed by atoms with Gasteiger partial charge >= 0.3 is 11.9 Å². The third-order valence-electron chi connectivity index (χ3n) is 9.52. The molecule has 1 aliphatic heterocycles. The molecule has 0 bridgehead atoms. The minimum absolute atomic E-state index is 0.0358. The second-order valence-corrected chi connectivity index (χ2v) is 16.5. The Hall–Kier alpha value is -2.91. The molecule has 0 spiro atoms. The van der Waals surface area contributed by atoms with Gasteiger partial charge in [-0.1, -0.05) is 132 Å². The summed E-state index contributed by atoms with van der Waals surface area (Å²) >= 11 is 0. The minimum atomic E-state index is -4.61. The van der Waals surface area contributed by atoms with E-state index in [9.17, 15) is 37.9 Å². The van der Waals surface area contributed by atoms with Gasteiger partial charge in [0.1, 0.15) is 36.8 Å². The Balaban J connectivity index is 2.53. The molecule has 0 amide bonds. The van der Waals surface area contributed by atoms with Crippen LogP contribution in [0, 0.1) is 0 Å². The number of carbonyl (C=O) groups is 2. The van der Waals surface area contributed by atoms with Crippen molar-refractivity contribution in [2.75, 3.05) is 19.0 Å². The van der Waals surface area contributed by atoms with E-state index in [1.54, 1.807) is 0 Å². The van der Waals surface area contributed by atoms with E-state index in [0.29, 0.717) is 19.3 Å². The highest BCUT2D eigenvalue weighted by Gasteiger charge is 2.46. The molecule has 2 unspecified atom stereocenters. The van der Waals surface area contributed by atoms with Crippen LogP contribution in [-0.2, 0) is 38.7 Å². The van der Waals surface area contributed by atoms with Gasteiger partial charge in [0.25, 0.3) is 10.1 Å². The molecule has 0 radical (unpaired) electrons. The Labute approximate surface area is 355 Å². The van der Waals surface area contributed by atoms with Gasteiger partial charge in [-0.05, 0) is 77.0 Å². The summed E-state index contributed by atoms with van der Waals surface area (Å²) in [6, 6.07) is 0. The second kappa shape index (κ2) is 35.8. The molecule has 0 aromatic heterocycles. The summed E-state index contributed by atoms with van der Waals surface area (Å²) in [5.41, 5.74) is 0. The van der Waals surface area contributed by atoms with E-state index in [1.807, 2.05) is 18.2 Å². The maximum absolute atomic E-state index is 12.8. The van der Waals surface area contributed by atoms with Crippen LogP contribution in [0.15, 0.2) is 72.9 Å². The van der Waals surface area contributed by atoms with E-state index in [2.05, 4.69) is 68.5 Å². The quantitative estimate of drug-likeness (QED) is 0.0206. The number of rotatable bonds is 35. The fourth-order valence-electron chi connectivity index (χ4n) is 6.06. The third kappa shape index (κ3) is 30.7. The van der Waals surface area contributed by atoms with Gasteiger partial charge in [-0.3, -0.25) is 14.1 Å². The molecular weight excluding hydrogens is 777 g/mol. The predicted molar refractivity (Wildman–Crippen MR) is 233 cm³/mol. The van der Waals surface area contributed by atoms with E-state index in [4.69, 9.17) is 18.9 Å². The van der Waals surface area contributed by atoms with Crippen LogP contribution in [0.4, 0.5) is 0 Å². The minimum Gasteiger partial charge on any atom is -0.462 e. The highest BCUT2D eigenvalue weighted by Crippen LogP contribution is 2.24. The van der Waals surface area contributed by atoms with E-state index >= 15 is 0 Å². The van der Waals surface area contributed by atoms with Crippen LogP contribution in [0.3, 0.4) is 0 Å². The number of aliphatic hydroxyl groups excluding tert-OH is 3. The van der Waals surface area contributed by atoms with Crippen molar-refractivity contribution in [3.05, 3.63) is 72.9 Å². The SMILES string of the molecule is CCCCC/C=C/C/C=C/C/C=C/C/C=C/C/C=C/CCC(=O)O[C@H](COC(=O)CCCCCCC/C=C/CCCCC)CO[C@H]1O[C@H](CS(=O)(=O)O)[C@@H](O)C(O)C1O. The summed E-state index contributed by atoms with van der Waals surface area (Å²) in [5.74, 6) is -2.11. The molecule has 0 aliphatic carbocycles. The van der Waals surface area contributed by atoms with Gasteiger partial charge in [0.15, 0.2) is 12.4 Å². The monoisotopic (exact) mass is 853 g/mol. The summed E-state index contributed by atoms with van der Waals surface area (Å²) in [4.78, 5) is 25.3. The Morgan fingerprint density at radius 2 is 1.05 bits per heavy atom. The Kier molecular flexibility index (Phi) is 32.8. The Morgan fingerprint density at radius 3 is 1.59 bits per heavy atom. The van der Waals surface area contributed by atoms with Crippen molar-refractivity contribution in [2.45, 2.75) is 185 Å². The van der Waals surface area contributed by atoms with Gasteiger partial charge in [0, 0.05) is 12.8 Å². The number of hydrogen-bond acceptors (Lipinski definition) is 11. The average Bonchev–Trinajstić information content (AvgIpc) is 3.20. The third-order valence-corrected chi connectivity index (χ3v) is 10.3. The number of esters is 2. The summed E-state index contributed by atoms with van der Waals surface area (Å²) < 4.78 is 53.9. The molecule has 1 rings (SSSR count). The lowest BCUT2D eigenvalue weighted by molar-refractivity contribution is -0.297. The van der Waals surface area contributed by atoms with Gasteiger partial charge in [-0.25, -0.2) is 0 Å². The van der Waals surface area contributed by atoms with Crippen molar-refractivity contribution in [3.8, 4) is 0 Å². The molecule has 1 fully saturated rings. The van der Waals surface area contributed by atoms with Crippen molar-refractivity contribution >= 4 is 22.1 Å². The fourth-order valence-corrected chi connectivity index (χ4v) is 6.75. The number of allylic oxidation sites excluding steroid dienone is 12. The van der Waals surface area contributed by atoms with Gasteiger partial charge in [-0.2, -0.15) is 8.42 Å². The summed E-state index contributed by atoms with van der Waals surface area (Å²) in [5, 5.41) is 30.8. The van der Waals surface area contributed by atoms with E-state index in [0.717, 1.165) is 64.2 Å². The Morgan fingerprint density at radius 1 is 0.576 bits per heavy atom. The lowest BCUT2D eigenvalue weighted by Gasteiger charge is -2.40. The molecule has 13 heteroatoms. The van der Waals surface area contributed by atoms with Crippen LogP contribution in [-0.4, -0.2) is 96.0 Å². The highest BCUT2D eigenvalue weighted by atomic mass is 32.2. The molecule has 0 saturated carbocycles. The molecule has 338 valence electrons. The molecule has 12 nitrogen and oxygen atoms in total. The van der Waals surface area contributed by atoms with E-state index < -0.39 is 71.2 Å². The fraction of sp³-hybridized carbons (Fsp3) is 0.696. The second-order valence-electron chi connectivity index (χ2n) is 15.0. The first-order valence-corrected chi connectivity index (χ1v) is 23.6. The highest BCUT2D eigenvalue weighted by molar-refractivity contribution is 7.85. The van der Waals surface area contributed by atoms with Crippen LogP contribution in [0.25, 0.3) is 0 Å². The molecule has 6 atom stereocenters. The number of unbranched alkanes of at least 4 members (excludes halogenated alkanes) is 11. The topological polar surface area (TPSA) is 186 Å². The molecule has 0 aromatic carbocycles. The van der Waals surface area contributed by atoms with E-state index in [-0.39, 0.29) is 19.4 Å². The summed E-state index contributed by atoms with van der Waals surface area (Å²) in [6.07, 6.45) is 35.3. The lowest BCUT2D eigenvalue weighted by atomic mass is 10.00. The zero-order valence-corrected chi connectivity index (χ0v) is 36.6. The number of aliphatic hydroxyl groups is 3. The molecule has 1 heterocycles. The van der Waals surface area contributed by atoms with Gasteiger partial charge in [0.2, 0.25) is 0 Å². The van der Waals surface area contributed by atoms with Crippen LogP contribution >= 0.6 is 0 Å². The molecule has 0 aromatic rings. The van der Waals surface area contributed by atoms with Crippen LogP contribution < -0.4 is 0 Å². The number of ether oxygens (including phenoxy) is 4. The first-order valence-electron chi connectivity index (χ1n) is 22.0. The van der Waals surface area contributed by atoms with Gasteiger partial charge in [0.05, 0.1) is 6.61 Å². The van der Waals surface area contributed by atoms with Crippen LogP contribution in [0.2, 0.25) is 0 Å². The Bertz CT molecular complexity index is 1370. The van der Waals surface area contributed by atoms with Crippen molar-refractivity contribution in [3.63, 3.8) is 0 Å². The number of hydrogen-bond donors (Lipinski definition) is 4. The molecular formula is C46H76O12S. The van der Waals surface area contributed by atoms with Crippen LogP contribution in [0.1, 0.15) is 149 Å². The normalized spacial score (nSPS) is 20.9. The molecule has 1 saturated heterocycles. The maximum Gasteiger partial charge on any atom is 0.306 e. The average molecular weight is 853 g/mol.